The van der Waals surface area contributed by atoms with E-state index in [4.69, 9.17) is 10.5 Å². The van der Waals surface area contributed by atoms with Crippen LogP contribution in [0.5, 0.6) is 0 Å². The van der Waals surface area contributed by atoms with E-state index >= 15 is 0 Å². The number of ether oxygens (including phenoxy) is 1. The molecule has 3 N–H and O–H groups in total. The lowest BCUT2D eigenvalue weighted by atomic mass is 10.0. The maximum Gasteiger partial charge on any atom is 0.341 e. The van der Waals surface area contributed by atoms with Crippen molar-refractivity contribution in [1.29, 1.82) is 0 Å². The van der Waals surface area contributed by atoms with E-state index in [-0.39, 0.29) is 29.5 Å². The minimum absolute atomic E-state index is 0.191. The van der Waals surface area contributed by atoms with E-state index in [1.807, 2.05) is 0 Å². The summed E-state index contributed by atoms with van der Waals surface area (Å²) in [5.74, 6) is -1.46. The first-order valence-electron chi connectivity index (χ1n) is 11.7. The summed E-state index contributed by atoms with van der Waals surface area (Å²) in [6, 6.07) is 14.8. The van der Waals surface area contributed by atoms with Gasteiger partial charge in [0.15, 0.2) is 0 Å². The van der Waals surface area contributed by atoms with Crippen molar-refractivity contribution in [3.8, 4) is 0 Å². The molecule has 2 heterocycles. The number of carbonyl (C=O) groups is 3. The molecule has 0 saturated carbocycles. The molecule has 0 spiro atoms. The summed E-state index contributed by atoms with van der Waals surface area (Å²) in [6.07, 6.45) is 0. The fourth-order valence-corrected chi connectivity index (χ4v) is 5.49. The molecule has 8 nitrogen and oxygen atoms in total. The van der Waals surface area contributed by atoms with Crippen LogP contribution in [0.3, 0.4) is 0 Å². The minimum atomic E-state index is -0.638. The molecule has 1 aliphatic heterocycles. The molecule has 1 fully saturated rings. The van der Waals surface area contributed by atoms with Gasteiger partial charge in [0.25, 0.3) is 5.91 Å². The first-order valence-corrected chi connectivity index (χ1v) is 12.5. The zero-order valence-corrected chi connectivity index (χ0v) is 20.8. The molecule has 1 aromatic heterocycles. The van der Waals surface area contributed by atoms with Crippen molar-refractivity contribution in [2.45, 2.75) is 20.4 Å². The minimum Gasteiger partial charge on any atom is -0.462 e. The normalized spacial score (nSPS) is 14.7. The number of hydrogen-bond acceptors (Lipinski definition) is 7. The Hall–Kier alpha value is -3.27. The lowest BCUT2D eigenvalue weighted by molar-refractivity contribution is -0.117. The smallest absolute Gasteiger partial charge is 0.341 e. The molecule has 9 heteroatoms. The number of nitrogens with zero attached hydrogens (tertiary/aromatic N) is 2. The van der Waals surface area contributed by atoms with Crippen molar-refractivity contribution >= 4 is 44.9 Å². The van der Waals surface area contributed by atoms with Crippen molar-refractivity contribution in [2.24, 2.45) is 5.73 Å². The largest absolute Gasteiger partial charge is 0.462 e. The summed E-state index contributed by atoms with van der Waals surface area (Å²) in [5, 5.41) is 5.62. The maximum atomic E-state index is 12.8. The molecule has 0 aliphatic carbocycles. The van der Waals surface area contributed by atoms with Gasteiger partial charge < -0.3 is 15.8 Å². The van der Waals surface area contributed by atoms with Crippen LogP contribution in [0.1, 0.15) is 38.1 Å². The third-order valence-electron chi connectivity index (χ3n) is 6.21. The topological polar surface area (TPSA) is 105 Å². The number of fused-ring (bicyclic) bond motifs is 1. The molecular weight excluding hydrogens is 464 g/mol. The summed E-state index contributed by atoms with van der Waals surface area (Å²) < 4.78 is 5.11. The molecule has 2 amide bonds. The van der Waals surface area contributed by atoms with Crippen LogP contribution in [-0.2, 0) is 16.1 Å². The fourth-order valence-electron chi connectivity index (χ4n) is 4.43. The number of hydrogen-bond donors (Lipinski definition) is 2. The number of anilines is 1. The summed E-state index contributed by atoms with van der Waals surface area (Å²) in [5.41, 5.74) is 7.37. The summed E-state index contributed by atoms with van der Waals surface area (Å²) in [6.45, 7) is 7.83. The monoisotopic (exact) mass is 494 g/mol. The Morgan fingerprint density at radius 3 is 2.43 bits per heavy atom. The van der Waals surface area contributed by atoms with Crippen LogP contribution < -0.4 is 11.1 Å². The Bertz CT molecular complexity index is 1240. The zero-order valence-electron chi connectivity index (χ0n) is 20.0. The number of amides is 2. The molecule has 1 aliphatic rings. The van der Waals surface area contributed by atoms with Gasteiger partial charge in [-0.2, -0.15) is 0 Å². The first-order chi connectivity index (χ1) is 16.9. The van der Waals surface area contributed by atoms with Crippen LogP contribution in [0.15, 0.2) is 42.5 Å². The molecule has 1 saturated heterocycles. The Labute approximate surface area is 208 Å². The third kappa shape index (κ3) is 5.70. The van der Waals surface area contributed by atoms with Crippen molar-refractivity contribution in [3.63, 3.8) is 0 Å². The second-order valence-electron chi connectivity index (χ2n) is 8.58. The van der Waals surface area contributed by atoms with Crippen LogP contribution in [-0.4, -0.2) is 66.9 Å². The highest BCUT2D eigenvalue weighted by molar-refractivity contribution is 7.18. The molecule has 0 radical (unpaired) electrons. The van der Waals surface area contributed by atoms with Crippen LogP contribution in [0.2, 0.25) is 0 Å². The lowest BCUT2D eigenvalue weighted by Gasteiger charge is -2.34. The predicted molar refractivity (Wildman–Crippen MR) is 138 cm³/mol. The van der Waals surface area contributed by atoms with Gasteiger partial charge in [-0.1, -0.05) is 42.5 Å². The molecule has 0 bridgehead atoms. The average molecular weight is 495 g/mol. The molecule has 2 aromatic carbocycles. The average Bonchev–Trinajstić information content (AvgIpc) is 3.16. The second kappa shape index (κ2) is 11.0. The number of rotatable bonds is 8. The molecule has 0 unspecified atom stereocenters. The van der Waals surface area contributed by atoms with Gasteiger partial charge in [-0.05, 0) is 35.7 Å². The van der Waals surface area contributed by atoms with Gasteiger partial charge in [-0.15, -0.1) is 11.3 Å². The highest BCUT2D eigenvalue weighted by Crippen LogP contribution is 2.33. The molecule has 35 heavy (non-hydrogen) atoms. The van der Waals surface area contributed by atoms with Crippen molar-refractivity contribution in [1.82, 2.24) is 9.80 Å². The van der Waals surface area contributed by atoms with E-state index in [0.29, 0.717) is 10.6 Å². The van der Waals surface area contributed by atoms with Gasteiger partial charge in [-0.3, -0.25) is 19.4 Å². The Kier molecular flexibility index (Phi) is 7.80. The van der Waals surface area contributed by atoms with Crippen molar-refractivity contribution in [2.75, 3.05) is 44.6 Å². The summed E-state index contributed by atoms with van der Waals surface area (Å²) >= 11 is 1.01. The number of benzene rings is 2. The Morgan fingerprint density at radius 1 is 1.03 bits per heavy atom. The zero-order chi connectivity index (χ0) is 24.9. The molecule has 0 atom stereocenters. The number of thiophene rings is 1. The van der Waals surface area contributed by atoms with Crippen molar-refractivity contribution < 1.29 is 19.1 Å². The van der Waals surface area contributed by atoms with E-state index in [1.165, 1.54) is 16.3 Å². The fraction of sp³-hybridized carbons (Fsp3) is 0.346. The highest BCUT2D eigenvalue weighted by Gasteiger charge is 2.26. The van der Waals surface area contributed by atoms with E-state index in [2.05, 4.69) is 57.6 Å². The van der Waals surface area contributed by atoms with Crippen LogP contribution in [0.25, 0.3) is 10.8 Å². The van der Waals surface area contributed by atoms with E-state index in [1.54, 1.807) is 13.8 Å². The van der Waals surface area contributed by atoms with Gasteiger partial charge >= 0.3 is 5.97 Å². The molecule has 3 aromatic rings. The number of carbonyl (C=O) groups excluding carboxylic acids is 3. The van der Waals surface area contributed by atoms with Gasteiger partial charge in [0.05, 0.1) is 23.6 Å². The third-order valence-corrected chi connectivity index (χ3v) is 7.43. The maximum absolute atomic E-state index is 12.8. The summed E-state index contributed by atoms with van der Waals surface area (Å²) in [4.78, 5) is 41.7. The van der Waals surface area contributed by atoms with Crippen LogP contribution in [0.4, 0.5) is 5.00 Å². The van der Waals surface area contributed by atoms with Crippen molar-refractivity contribution in [3.05, 3.63) is 64.0 Å². The number of esters is 1. The standard InChI is InChI=1S/C26H30N4O4S/c1-3-34-26(33)22-17(2)23(24(27)32)35-25(22)28-21(31)16-30-13-11-29(12-14-30)15-19-9-6-8-18-7-4-5-10-20(18)19/h4-10H,3,11-16H2,1-2H3,(H2,27,32)(H,28,31). The van der Waals surface area contributed by atoms with Gasteiger partial charge in [0, 0.05) is 32.7 Å². The second-order valence-corrected chi connectivity index (χ2v) is 9.60. The number of primary amides is 1. The molecule has 184 valence electrons. The number of nitrogens with two attached hydrogens (primary N) is 1. The van der Waals surface area contributed by atoms with E-state index < -0.39 is 11.9 Å². The first kappa shape index (κ1) is 24.8. The number of piperazine rings is 1. The Balaban J connectivity index is 1.35. The Morgan fingerprint density at radius 2 is 1.71 bits per heavy atom. The lowest BCUT2D eigenvalue weighted by Crippen LogP contribution is -2.48. The predicted octanol–water partition coefficient (Wildman–Crippen LogP) is 3.24. The molecule has 4 rings (SSSR count). The van der Waals surface area contributed by atoms with Gasteiger partial charge in [0.1, 0.15) is 5.00 Å². The quantitative estimate of drug-likeness (QED) is 0.466. The van der Waals surface area contributed by atoms with Gasteiger partial charge in [-0.25, -0.2) is 4.79 Å². The van der Waals surface area contributed by atoms with Crippen LogP contribution >= 0.6 is 11.3 Å². The van der Waals surface area contributed by atoms with Crippen LogP contribution in [0, 0.1) is 6.92 Å². The highest BCUT2D eigenvalue weighted by atomic mass is 32.1. The van der Waals surface area contributed by atoms with Gasteiger partial charge in [0.2, 0.25) is 5.91 Å². The van der Waals surface area contributed by atoms with E-state index in [9.17, 15) is 14.4 Å². The molecular formula is C26H30N4O4S. The SMILES string of the molecule is CCOC(=O)c1c(NC(=O)CN2CCN(Cc3cccc4ccccc34)CC2)sc(C(N)=O)c1C. The number of nitrogens with one attached hydrogen (secondary N) is 1. The van der Waals surface area contributed by atoms with E-state index in [0.717, 1.165) is 44.1 Å². The summed E-state index contributed by atoms with van der Waals surface area (Å²) in [7, 11) is 0.